The van der Waals surface area contributed by atoms with Crippen molar-refractivity contribution in [1.29, 1.82) is 0 Å². The van der Waals surface area contributed by atoms with Gasteiger partial charge in [-0.15, -0.1) is 0 Å². The molecule has 22 heavy (non-hydrogen) atoms. The molecule has 0 aliphatic carbocycles. The first-order chi connectivity index (χ1) is 10.7. The summed E-state index contributed by atoms with van der Waals surface area (Å²) in [4.78, 5) is 17.2. The lowest BCUT2D eigenvalue weighted by atomic mass is 9.98. The second-order valence-electron chi connectivity index (χ2n) is 6.33. The van der Waals surface area contributed by atoms with Gasteiger partial charge in [0.05, 0.1) is 13.2 Å². The number of carbonyl (C=O) groups excluding carboxylic acids is 1. The quantitative estimate of drug-likeness (QED) is 0.914. The van der Waals surface area contributed by atoms with E-state index in [1.165, 1.54) is 6.42 Å². The highest BCUT2D eigenvalue weighted by Gasteiger charge is 2.29. The van der Waals surface area contributed by atoms with Crippen LogP contribution in [0.5, 0.6) is 0 Å². The first kappa shape index (κ1) is 15.5. The van der Waals surface area contributed by atoms with Gasteiger partial charge in [-0.25, -0.2) is 0 Å². The number of ether oxygens (including phenoxy) is 1. The molecule has 2 saturated heterocycles. The molecule has 2 aliphatic rings. The molecule has 3 rings (SSSR count). The molecule has 2 fully saturated rings. The Morgan fingerprint density at radius 1 is 1.36 bits per heavy atom. The van der Waals surface area contributed by atoms with Gasteiger partial charge in [-0.05, 0) is 38.7 Å². The number of nitrogens with one attached hydrogen (secondary N) is 1. The predicted octanol–water partition coefficient (Wildman–Crippen LogP) is 1.44. The number of aromatic amines is 1. The van der Waals surface area contributed by atoms with E-state index in [0.717, 1.165) is 64.3 Å². The maximum atomic E-state index is 12.7. The van der Waals surface area contributed by atoms with Crippen LogP contribution in [0.2, 0.25) is 0 Å². The number of aryl methyl sites for hydroxylation is 1. The summed E-state index contributed by atoms with van der Waals surface area (Å²) in [6, 6.07) is 2.19. The van der Waals surface area contributed by atoms with Crippen LogP contribution in [0.15, 0.2) is 6.07 Å². The lowest BCUT2D eigenvalue weighted by Gasteiger charge is -2.37. The van der Waals surface area contributed by atoms with Gasteiger partial charge in [0.2, 0.25) is 0 Å². The molecule has 6 heteroatoms. The van der Waals surface area contributed by atoms with E-state index in [9.17, 15) is 4.79 Å². The van der Waals surface area contributed by atoms with Crippen molar-refractivity contribution in [3.05, 3.63) is 17.5 Å². The van der Waals surface area contributed by atoms with Crippen molar-refractivity contribution in [2.45, 2.75) is 38.6 Å². The van der Waals surface area contributed by atoms with Crippen LogP contribution in [-0.2, 0) is 4.74 Å². The van der Waals surface area contributed by atoms with E-state index in [2.05, 4.69) is 15.1 Å². The van der Waals surface area contributed by atoms with E-state index in [-0.39, 0.29) is 5.91 Å². The molecule has 0 aromatic carbocycles. The lowest BCUT2D eigenvalue weighted by molar-refractivity contribution is 0.0295. The Bertz CT molecular complexity index is 496. The smallest absolute Gasteiger partial charge is 0.274 e. The van der Waals surface area contributed by atoms with Gasteiger partial charge in [0, 0.05) is 37.9 Å². The van der Waals surface area contributed by atoms with E-state index >= 15 is 0 Å². The van der Waals surface area contributed by atoms with Gasteiger partial charge in [0.25, 0.3) is 5.91 Å². The molecule has 1 aromatic heterocycles. The molecule has 0 unspecified atom stereocenters. The zero-order valence-corrected chi connectivity index (χ0v) is 13.4. The predicted molar refractivity (Wildman–Crippen MR) is 83.9 cm³/mol. The van der Waals surface area contributed by atoms with Crippen molar-refractivity contribution in [3.8, 4) is 0 Å². The SMILES string of the molecule is Cc1cc(C(=O)N2CCCC[C@@H]2CCN2CCOCC2)n[nH]1. The summed E-state index contributed by atoms with van der Waals surface area (Å²) in [7, 11) is 0. The standard InChI is InChI=1S/C16H26N4O2/c1-13-12-15(18-17-13)16(21)20-6-3-2-4-14(20)5-7-19-8-10-22-11-9-19/h12,14H,2-11H2,1H3,(H,17,18)/t14-/m1/s1. The number of likely N-dealkylation sites (tertiary alicyclic amines) is 1. The monoisotopic (exact) mass is 306 g/mol. The number of hydrogen-bond acceptors (Lipinski definition) is 4. The molecule has 0 radical (unpaired) electrons. The Hall–Kier alpha value is -1.40. The van der Waals surface area contributed by atoms with Crippen molar-refractivity contribution in [2.24, 2.45) is 0 Å². The molecule has 1 aromatic rings. The summed E-state index contributed by atoms with van der Waals surface area (Å²) in [6.45, 7) is 7.53. The number of aromatic nitrogens is 2. The molecule has 0 saturated carbocycles. The van der Waals surface area contributed by atoms with Crippen LogP contribution < -0.4 is 0 Å². The number of amides is 1. The number of nitrogens with zero attached hydrogens (tertiary/aromatic N) is 3. The van der Waals surface area contributed by atoms with Gasteiger partial charge in [0.15, 0.2) is 0 Å². The van der Waals surface area contributed by atoms with Gasteiger partial charge in [-0.1, -0.05) is 0 Å². The van der Waals surface area contributed by atoms with Crippen molar-refractivity contribution in [1.82, 2.24) is 20.0 Å². The number of morpholine rings is 1. The third-order valence-corrected chi connectivity index (χ3v) is 4.70. The minimum Gasteiger partial charge on any atom is -0.379 e. The topological polar surface area (TPSA) is 61.5 Å². The van der Waals surface area contributed by atoms with Gasteiger partial charge in [-0.2, -0.15) is 5.10 Å². The number of piperidine rings is 1. The van der Waals surface area contributed by atoms with Gasteiger partial charge in [-0.3, -0.25) is 14.8 Å². The highest BCUT2D eigenvalue weighted by atomic mass is 16.5. The van der Waals surface area contributed by atoms with Gasteiger partial charge >= 0.3 is 0 Å². The summed E-state index contributed by atoms with van der Waals surface area (Å²) < 4.78 is 5.39. The highest BCUT2D eigenvalue weighted by Crippen LogP contribution is 2.22. The lowest BCUT2D eigenvalue weighted by Crippen LogP contribution is -2.46. The molecular weight excluding hydrogens is 280 g/mol. The van der Waals surface area contributed by atoms with Crippen LogP contribution in [0.25, 0.3) is 0 Å². The van der Waals surface area contributed by atoms with Crippen LogP contribution in [0, 0.1) is 6.92 Å². The summed E-state index contributed by atoms with van der Waals surface area (Å²) in [5.41, 5.74) is 1.49. The van der Waals surface area contributed by atoms with Crippen molar-refractivity contribution in [2.75, 3.05) is 39.4 Å². The van der Waals surface area contributed by atoms with Crippen LogP contribution in [-0.4, -0.2) is 71.3 Å². The van der Waals surface area contributed by atoms with Crippen LogP contribution in [0.3, 0.4) is 0 Å². The second kappa shape index (κ2) is 7.24. The third kappa shape index (κ3) is 3.67. The molecule has 1 N–H and O–H groups in total. The van der Waals surface area contributed by atoms with E-state index in [1.54, 1.807) is 0 Å². The highest BCUT2D eigenvalue weighted by molar-refractivity contribution is 5.92. The summed E-state index contributed by atoms with van der Waals surface area (Å²) in [5.74, 6) is 0.0797. The average molecular weight is 306 g/mol. The molecule has 2 aliphatic heterocycles. The van der Waals surface area contributed by atoms with E-state index in [1.807, 2.05) is 17.9 Å². The van der Waals surface area contributed by atoms with E-state index < -0.39 is 0 Å². The number of carbonyl (C=O) groups is 1. The zero-order chi connectivity index (χ0) is 15.4. The molecule has 0 spiro atoms. The maximum Gasteiger partial charge on any atom is 0.274 e. The molecule has 122 valence electrons. The first-order valence-electron chi connectivity index (χ1n) is 8.37. The fourth-order valence-electron chi connectivity index (χ4n) is 3.40. The Morgan fingerprint density at radius 2 is 2.18 bits per heavy atom. The number of hydrogen-bond donors (Lipinski definition) is 1. The molecule has 1 atom stereocenters. The molecule has 6 nitrogen and oxygen atoms in total. The Labute approximate surface area is 131 Å². The summed E-state index contributed by atoms with van der Waals surface area (Å²) in [5, 5.41) is 7.00. The van der Waals surface area contributed by atoms with Gasteiger partial charge in [0.1, 0.15) is 5.69 Å². The first-order valence-corrected chi connectivity index (χ1v) is 8.37. The van der Waals surface area contributed by atoms with Crippen LogP contribution in [0.1, 0.15) is 41.9 Å². The molecule has 3 heterocycles. The fourth-order valence-corrected chi connectivity index (χ4v) is 3.40. The minimum absolute atomic E-state index is 0.0797. The largest absolute Gasteiger partial charge is 0.379 e. The zero-order valence-electron chi connectivity index (χ0n) is 13.4. The minimum atomic E-state index is 0.0797. The van der Waals surface area contributed by atoms with Crippen molar-refractivity contribution < 1.29 is 9.53 Å². The van der Waals surface area contributed by atoms with Crippen LogP contribution >= 0.6 is 0 Å². The van der Waals surface area contributed by atoms with Crippen LogP contribution in [0.4, 0.5) is 0 Å². The third-order valence-electron chi connectivity index (χ3n) is 4.70. The second-order valence-corrected chi connectivity index (χ2v) is 6.33. The number of rotatable bonds is 4. The van der Waals surface area contributed by atoms with Gasteiger partial charge < -0.3 is 9.64 Å². The Morgan fingerprint density at radius 3 is 2.91 bits per heavy atom. The molecule has 1 amide bonds. The van der Waals surface area contributed by atoms with E-state index in [0.29, 0.717) is 11.7 Å². The van der Waals surface area contributed by atoms with E-state index in [4.69, 9.17) is 4.74 Å². The maximum absolute atomic E-state index is 12.7. The normalized spacial score (nSPS) is 23.7. The Kier molecular flexibility index (Phi) is 5.10. The fraction of sp³-hybridized carbons (Fsp3) is 0.750. The summed E-state index contributed by atoms with van der Waals surface area (Å²) in [6.07, 6.45) is 4.48. The Balaban J connectivity index is 1.59. The summed E-state index contributed by atoms with van der Waals surface area (Å²) >= 11 is 0. The molecule has 0 bridgehead atoms. The van der Waals surface area contributed by atoms with Crippen molar-refractivity contribution in [3.63, 3.8) is 0 Å². The van der Waals surface area contributed by atoms with Crippen molar-refractivity contribution >= 4 is 5.91 Å². The molecular formula is C16H26N4O2. The average Bonchev–Trinajstić information content (AvgIpc) is 3.00. The number of H-pyrrole nitrogens is 1.